The van der Waals surface area contributed by atoms with Gasteiger partial charge in [-0.05, 0) is 36.0 Å². The topological polar surface area (TPSA) is 69.1 Å². The van der Waals surface area contributed by atoms with E-state index in [1.807, 2.05) is 30.3 Å². The van der Waals surface area contributed by atoms with Crippen LogP contribution in [0.1, 0.15) is 5.76 Å². The lowest BCUT2D eigenvalue weighted by atomic mass is 10.3. The smallest absolute Gasteiger partial charge is 0.168 e. The van der Waals surface area contributed by atoms with E-state index in [-0.39, 0.29) is 0 Å². The second-order valence-electron chi connectivity index (χ2n) is 4.29. The Kier molecular flexibility index (Phi) is 3.45. The van der Waals surface area contributed by atoms with Gasteiger partial charge in [0, 0.05) is 0 Å². The maximum atomic E-state index is 5.71. The van der Waals surface area contributed by atoms with Crippen molar-refractivity contribution in [1.29, 1.82) is 0 Å². The Morgan fingerprint density at radius 2 is 2.00 bits per heavy atom. The normalized spacial score (nSPS) is 11.6. The highest BCUT2D eigenvalue weighted by atomic mass is 32.2. The summed E-state index contributed by atoms with van der Waals surface area (Å²) in [5.74, 6) is 0.664. The Bertz CT molecular complexity index is 893. The summed E-state index contributed by atoms with van der Waals surface area (Å²) in [7, 11) is 0. The van der Waals surface area contributed by atoms with Gasteiger partial charge >= 0.3 is 0 Å². The lowest BCUT2D eigenvalue weighted by Gasteiger charge is -1.90. The van der Waals surface area contributed by atoms with Gasteiger partial charge in [-0.3, -0.25) is 0 Å². The summed E-state index contributed by atoms with van der Waals surface area (Å²) >= 11 is 3.16. The van der Waals surface area contributed by atoms with E-state index in [4.69, 9.17) is 4.42 Å². The van der Waals surface area contributed by atoms with Crippen LogP contribution in [0.4, 0.5) is 0 Å². The summed E-state index contributed by atoms with van der Waals surface area (Å²) < 4.78 is 9.34. The molecule has 6 nitrogen and oxygen atoms in total. The molecule has 0 bridgehead atoms. The van der Waals surface area contributed by atoms with Crippen LogP contribution in [-0.4, -0.2) is 26.1 Å². The average molecular weight is 327 g/mol. The van der Waals surface area contributed by atoms with Crippen molar-refractivity contribution in [2.75, 3.05) is 0 Å². The molecular formula is C14H9N5OS2. The number of fused-ring (bicyclic) bond motifs is 1. The molecule has 0 aliphatic heterocycles. The summed E-state index contributed by atoms with van der Waals surface area (Å²) in [5.41, 5.74) is 1.01. The SMILES string of the molecule is C(=N/n1cnnc1)/c1ccc(Sc2nc3ccccc3s2)o1. The minimum Gasteiger partial charge on any atom is -0.448 e. The van der Waals surface area contributed by atoms with E-state index in [9.17, 15) is 0 Å². The second-order valence-corrected chi connectivity index (χ2v) is 6.58. The Balaban J connectivity index is 1.51. The van der Waals surface area contributed by atoms with Crippen LogP contribution in [0.15, 0.2) is 68.0 Å². The summed E-state index contributed by atoms with van der Waals surface area (Å²) in [6.45, 7) is 0. The van der Waals surface area contributed by atoms with Crippen LogP contribution in [0.25, 0.3) is 10.2 Å². The van der Waals surface area contributed by atoms with Crippen LogP contribution in [0, 0.1) is 0 Å². The molecule has 0 fully saturated rings. The van der Waals surface area contributed by atoms with Gasteiger partial charge in [-0.1, -0.05) is 12.1 Å². The first-order valence-electron chi connectivity index (χ1n) is 6.39. The minimum atomic E-state index is 0.664. The number of hydrogen-bond donors (Lipinski definition) is 0. The van der Waals surface area contributed by atoms with Crippen molar-refractivity contribution in [1.82, 2.24) is 19.9 Å². The zero-order valence-electron chi connectivity index (χ0n) is 11.2. The van der Waals surface area contributed by atoms with Crippen LogP contribution >= 0.6 is 23.1 Å². The molecule has 4 rings (SSSR count). The fourth-order valence-electron chi connectivity index (χ4n) is 1.82. The largest absolute Gasteiger partial charge is 0.448 e. The second kappa shape index (κ2) is 5.74. The standard InChI is InChI=1S/C14H9N5OS2/c1-2-4-12-11(3-1)18-14(21-12)22-13-6-5-10(20-13)7-17-19-8-15-16-9-19/h1-9H/b17-7-. The zero-order chi connectivity index (χ0) is 14.8. The van der Waals surface area contributed by atoms with Crippen LogP contribution in [-0.2, 0) is 0 Å². The van der Waals surface area contributed by atoms with Crippen molar-refractivity contribution >= 4 is 39.5 Å². The minimum absolute atomic E-state index is 0.664. The summed E-state index contributed by atoms with van der Waals surface area (Å²) in [6.07, 6.45) is 4.64. The van der Waals surface area contributed by atoms with Crippen LogP contribution in [0.5, 0.6) is 0 Å². The lowest BCUT2D eigenvalue weighted by Crippen LogP contribution is -1.84. The quantitative estimate of drug-likeness (QED) is 0.536. The highest BCUT2D eigenvalue weighted by Gasteiger charge is 2.08. The molecule has 0 aliphatic carbocycles. The van der Waals surface area contributed by atoms with Crippen molar-refractivity contribution in [2.24, 2.45) is 5.10 Å². The van der Waals surface area contributed by atoms with Gasteiger partial charge in [-0.15, -0.1) is 21.5 Å². The van der Waals surface area contributed by atoms with Gasteiger partial charge in [0.15, 0.2) is 9.43 Å². The third-order valence-corrected chi connectivity index (χ3v) is 4.81. The molecule has 0 radical (unpaired) electrons. The van der Waals surface area contributed by atoms with E-state index in [0.29, 0.717) is 5.76 Å². The van der Waals surface area contributed by atoms with Gasteiger partial charge in [0.2, 0.25) is 0 Å². The number of para-hydroxylation sites is 1. The first kappa shape index (κ1) is 13.2. The van der Waals surface area contributed by atoms with Crippen molar-refractivity contribution in [2.45, 2.75) is 9.43 Å². The van der Waals surface area contributed by atoms with Crippen molar-refractivity contribution < 1.29 is 4.42 Å². The van der Waals surface area contributed by atoms with Crippen LogP contribution in [0.3, 0.4) is 0 Å². The van der Waals surface area contributed by atoms with E-state index in [1.54, 1.807) is 17.6 Å². The molecule has 0 atom stereocenters. The van der Waals surface area contributed by atoms with Gasteiger partial charge in [-0.25, -0.2) is 9.66 Å². The highest BCUT2D eigenvalue weighted by molar-refractivity contribution is 8.01. The first-order chi connectivity index (χ1) is 10.9. The number of furan rings is 1. The molecule has 0 saturated carbocycles. The maximum Gasteiger partial charge on any atom is 0.168 e. The molecule has 22 heavy (non-hydrogen) atoms. The predicted molar refractivity (Wildman–Crippen MR) is 85.5 cm³/mol. The maximum absolute atomic E-state index is 5.71. The first-order valence-corrected chi connectivity index (χ1v) is 8.02. The van der Waals surface area contributed by atoms with Crippen LogP contribution < -0.4 is 0 Å². The Labute approximate surface area is 133 Å². The van der Waals surface area contributed by atoms with Gasteiger partial charge in [-0.2, -0.15) is 5.10 Å². The fourth-order valence-corrected chi connectivity index (χ4v) is 3.79. The molecule has 1 aromatic carbocycles. The van der Waals surface area contributed by atoms with E-state index in [1.165, 1.54) is 33.8 Å². The van der Waals surface area contributed by atoms with Gasteiger partial charge in [0.25, 0.3) is 0 Å². The predicted octanol–water partition coefficient (Wildman–Crippen LogP) is 3.51. The van der Waals surface area contributed by atoms with Crippen molar-refractivity contribution in [3.8, 4) is 0 Å². The van der Waals surface area contributed by atoms with Crippen molar-refractivity contribution in [3.05, 3.63) is 54.8 Å². The number of nitrogens with zero attached hydrogens (tertiary/aromatic N) is 5. The fraction of sp³-hybridized carbons (Fsp3) is 0. The van der Waals surface area contributed by atoms with Gasteiger partial charge in [0.1, 0.15) is 18.4 Å². The van der Waals surface area contributed by atoms with E-state index >= 15 is 0 Å². The highest BCUT2D eigenvalue weighted by Crippen LogP contribution is 2.34. The number of benzene rings is 1. The molecule has 3 heterocycles. The third kappa shape index (κ3) is 2.78. The Morgan fingerprint density at radius 3 is 2.86 bits per heavy atom. The molecular weight excluding hydrogens is 318 g/mol. The van der Waals surface area contributed by atoms with Crippen molar-refractivity contribution in [3.63, 3.8) is 0 Å². The molecule has 3 aromatic heterocycles. The zero-order valence-corrected chi connectivity index (χ0v) is 12.8. The third-order valence-electron chi connectivity index (χ3n) is 2.79. The average Bonchev–Trinajstić information content (AvgIpc) is 3.26. The van der Waals surface area contributed by atoms with E-state index in [2.05, 4.69) is 26.3 Å². The van der Waals surface area contributed by atoms with E-state index in [0.717, 1.165) is 14.9 Å². The molecule has 0 unspecified atom stereocenters. The Morgan fingerprint density at radius 1 is 1.14 bits per heavy atom. The summed E-state index contributed by atoms with van der Waals surface area (Å²) in [5, 5.41) is 12.3. The van der Waals surface area contributed by atoms with Gasteiger partial charge in [0.05, 0.1) is 16.4 Å². The lowest BCUT2D eigenvalue weighted by molar-refractivity contribution is 0.468. The number of hydrogen-bond acceptors (Lipinski definition) is 7. The van der Waals surface area contributed by atoms with E-state index < -0.39 is 0 Å². The molecule has 4 aromatic rings. The molecule has 108 valence electrons. The summed E-state index contributed by atoms with van der Waals surface area (Å²) in [6, 6.07) is 11.9. The number of thiazole rings is 1. The molecule has 0 aliphatic rings. The number of aromatic nitrogens is 4. The monoisotopic (exact) mass is 327 g/mol. The molecule has 0 amide bonds. The Hall–Kier alpha value is -2.45. The summed E-state index contributed by atoms with van der Waals surface area (Å²) in [4.78, 5) is 4.57. The number of rotatable bonds is 4. The molecule has 8 heteroatoms. The molecule has 0 saturated heterocycles. The van der Waals surface area contributed by atoms with Gasteiger partial charge < -0.3 is 4.42 Å². The van der Waals surface area contributed by atoms with Crippen LogP contribution in [0.2, 0.25) is 0 Å². The molecule has 0 spiro atoms. The molecule has 0 N–H and O–H groups in total.